The Morgan fingerprint density at radius 1 is 1.38 bits per heavy atom. The molecule has 1 nitrogen and oxygen atoms in total. The molecule has 0 aliphatic carbocycles. The molecule has 0 aliphatic heterocycles. The minimum atomic E-state index is -4.31. The van der Waals surface area contributed by atoms with Gasteiger partial charge in [-0.25, -0.2) is 0 Å². The molecule has 0 amide bonds. The highest BCUT2D eigenvalue weighted by Gasteiger charge is 2.28. The molecule has 5 heteroatoms. The summed E-state index contributed by atoms with van der Waals surface area (Å²) >= 11 is 3.92. The Hall–Kier alpha value is -0.840. The zero-order valence-corrected chi connectivity index (χ0v) is 7.32. The Morgan fingerprint density at radius 3 is 2.54 bits per heavy atom. The van der Waals surface area contributed by atoms with E-state index in [-0.39, 0.29) is 5.75 Å². The Kier molecular flexibility index (Phi) is 3.08. The molecule has 71 valence electrons. The van der Waals surface area contributed by atoms with Crippen molar-refractivity contribution in [3.8, 4) is 5.75 Å². The fourth-order valence-corrected chi connectivity index (χ4v) is 0.796. The molecule has 0 aromatic heterocycles. The molecule has 0 bridgehead atoms. The van der Waals surface area contributed by atoms with E-state index in [4.69, 9.17) is 0 Å². The van der Waals surface area contributed by atoms with Crippen LogP contribution >= 0.6 is 12.6 Å². The molecule has 0 saturated heterocycles. The molecule has 0 fully saturated rings. The highest BCUT2D eigenvalue weighted by Crippen LogP contribution is 2.19. The second-order valence-electron chi connectivity index (χ2n) is 2.31. The van der Waals surface area contributed by atoms with Crippen LogP contribution in [0.3, 0.4) is 0 Å². The Balaban J connectivity index is 2.51. The maximum atomic E-state index is 11.7. The van der Waals surface area contributed by atoms with Crippen LogP contribution in [0.2, 0.25) is 0 Å². The van der Waals surface area contributed by atoms with E-state index in [2.05, 4.69) is 23.4 Å². The van der Waals surface area contributed by atoms with Gasteiger partial charge in [0.25, 0.3) is 0 Å². The summed E-state index contributed by atoms with van der Waals surface area (Å²) < 4.78 is 39.4. The van der Waals surface area contributed by atoms with Gasteiger partial charge in [-0.2, -0.15) is 13.2 Å². The largest absolute Gasteiger partial charge is 0.484 e. The minimum absolute atomic E-state index is 0.134. The summed E-state index contributed by atoms with van der Waals surface area (Å²) in [5.41, 5.74) is 0. The van der Waals surface area contributed by atoms with E-state index < -0.39 is 12.8 Å². The van der Waals surface area contributed by atoms with Crippen molar-refractivity contribution in [3.05, 3.63) is 24.3 Å². The van der Waals surface area contributed by atoms with Crippen molar-refractivity contribution < 1.29 is 17.9 Å². The number of hydrogen-bond acceptors (Lipinski definition) is 2. The van der Waals surface area contributed by atoms with Crippen LogP contribution in [-0.2, 0) is 0 Å². The van der Waals surface area contributed by atoms with Gasteiger partial charge in [0, 0.05) is 4.90 Å². The molecule has 0 unspecified atom stereocenters. The summed E-state index contributed by atoms with van der Waals surface area (Å²) in [6.45, 7) is -1.28. The normalized spacial score (nSPS) is 11.4. The molecular weight excluding hydrogens is 201 g/mol. The van der Waals surface area contributed by atoms with Crippen molar-refractivity contribution in [2.75, 3.05) is 6.61 Å². The third-order valence-electron chi connectivity index (χ3n) is 1.17. The summed E-state index contributed by atoms with van der Waals surface area (Å²) in [7, 11) is 0. The predicted octanol–water partition coefficient (Wildman–Crippen LogP) is 2.72. The molecule has 1 aromatic rings. The van der Waals surface area contributed by atoms with E-state index in [9.17, 15) is 13.2 Å². The molecule has 0 heterocycles. The SMILES string of the molecule is FC(F)(F)COc1c[c]c(S)cc1. The first-order valence-electron chi connectivity index (χ1n) is 3.37. The van der Waals surface area contributed by atoms with Crippen LogP contribution in [0.4, 0.5) is 13.2 Å². The molecule has 0 spiro atoms. The molecule has 0 N–H and O–H groups in total. The van der Waals surface area contributed by atoms with E-state index in [0.29, 0.717) is 4.90 Å². The van der Waals surface area contributed by atoms with E-state index >= 15 is 0 Å². The monoisotopic (exact) mass is 207 g/mol. The topological polar surface area (TPSA) is 9.23 Å². The molecule has 0 atom stereocenters. The molecule has 0 aliphatic rings. The first-order valence-corrected chi connectivity index (χ1v) is 3.82. The molecule has 1 radical (unpaired) electrons. The average molecular weight is 207 g/mol. The predicted molar refractivity (Wildman–Crippen MR) is 44.1 cm³/mol. The molecule has 13 heavy (non-hydrogen) atoms. The summed E-state index contributed by atoms with van der Waals surface area (Å²) in [4.78, 5) is 0.555. The van der Waals surface area contributed by atoms with Crippen molar-refractivity contribution >= 4 is 12.6 Å². The van der Waals surface area contributed by atoms with Gasteiger partial charge < -0.3 is 4.74 Å². The summed E-state index contributed by atoms with van der Waals surface area (Å²) in [6, 6.07) is 6.84. The van der Waals surface area contributed by atoms with Gasteiger partial charge in [-0.3, -0.25) is 0 Å². The first-order chi connectivity index (χ1) is 5.97. The van der Waals surface area contributed by atoms with Crippen molar-refractivity contribution in [2.45, 2.75) is 11.1 Å². The lowest BCUT2D eigenvalue weighted by molar-refractivity contribution is -0.153. The van der Waals surface area contributed by atoms with Crippen molar-refractivity contribution in [2.24, 2.45) is 0 Å². The standard InChI is InChI=1S/C8H6F3OS/c9-8(10,11)5-12-6-1-3-7(13)4-2-6/h1-3,13H,5H2. The van der Waals surface area contributed by atoms with Crippen molar-refractivity contribution in [1.82, 2.24) is 0 Å². The Labute approximate surface area is 78.9 Å². The highest BCUT2D eigenvalue weighted by molar-refractivity contribution is 7.80. The summed E-state index contributed by atoms with van der Waals surface area (Å²) in [5, 5.41) is 0. The van der Waals surface area contributed by atoms with Crippen LogP contribution in [0, 0.1) is 6.07 Å². The molecule has 0 saturated carbocycles. The van der Waals surface area contributed by atoms with Crippen molar-refractivity contribution in [1.29, 1.82) is 0 Å². The number of rotatable bonds is 2. The summed E-state index contributed by atoms with van der Waals surface area (Å²) in [6.07, 6.45) is -4.31. The fraction of sp³-hybridized carbons (Fsp3) is 0.250. The maximum Gasteiger partial charge on any atom is 0.422 e. The van der Waals surface area contributed by atoms with Gasteiger partial charge in [0.15, 0.2) is 6.61 Å². The van der Waals surface area contributed by atoms with Gasteiger partial charge in [-0.15, -0.1) is 12.6 Å². The average Bonchev–Trinajstić information content (AvgIpc) is 2.02. The van der Waals surface area contributed by atoms with Gasteiger partial charge in [0.2, 0.25) is 0 Å². The summed E-state index contributed by atoms with van der Waals surface area (Å²) in [5.74, 6) is 0.134. The third-order valence-corrected chi connectivity index (χ3v) is 1.45. The smallest absolute Gasteiger partial charge is 0.422 e. The van der Waals surface area contributed by atoms with Gasteiger partial charge in [0.05, 0.1) is 0 Å². The first kappa shape index (κ1) is 10.2. The van der Waals surface area contributed by atoms with Crippen LogP contribution in [0.25, 0.3) is 0 Å². The van der Waals surface area contributed by atoms with Gasteiger partial charge in [-0.05, 0) is 24.3 Å². The van der Waals surface area contributed by atoms with Gasteiger partial charge in [-0.1, -0.05) is 0 Å². The van der Waals surface area contributed by atoms with Crippen LogP contribution in [-0.4, -0.2) is 12.8 Å². The van der Waals surface area contributed by atoms with Crippen molar-refractivity contribution in [3.63, 3.8) is 0 Å². The third kappa shape index (κ3) is 4.07. The van der Waals surface area contributed by atoms with Gasteiger partial charge >= 0.3 is 6.18 Å². The highest BCUT2D eigenvalue weighted by atomic mass is 32.1. The number of ether oxygens (including phenoxy) is 1. The Bertz CT molecular complexity index is 268. The zero-order chi connectivity index (χ0) is 9.90. The van der Waals surface area contributed by atoms with Crippen LogP contribution < -0.4 is 4.74 Å². The second kappa shape index (κ2) is 3.91. The van der Waals surface area contributed by atoms with E-state index in [1.807, 2.05) is 0 Å². The lowest BCUT2D eigenvalue weighted by atomic mass is 10.3. The quantitative estimate of drug-likeness (QED) is 0.733. The second-order valence-corrected chi connectivity index (χ2v) is 2.80. The van der Waals surface area contributed by atoms with E-state index in [0.717, 1.165) is 0 Å². The van der Waals surface area contributed by atoms with Crippen LogP contribution in [0.5, 0.6) is 5.75 Å². The zero-order valence-electron chi connectivity index (χ0n) is 6.43. The van der Waals surface area contributed by atoms with Gasteiger partial charge in [0.1, 0.15) is 5.75 Å². The lowest BCUT2D eigenvalue weighted by Crippen LogP contribution is -2.19. The number of thiol groups is 1. The Morgan fingerprint density at radius 2 is 2.08 bits per heavy atom. The number of benzene rings is 1. The minimum Gasteiger partial charge on any atom is -0.484 e. The number of halogens is 3. The molecule has 1 aromatic carbocycles. The van der Waals surface area contributed by atoms with Crippen LogP contribution in [0.1, 0.15) is 0 Å². The van der Waals surface area contributed by atoms with E-state index in [1.165, 1.54) is 18.2 Å². The molecular formula is C8H6F3OS. The fourth-order valence-electron chi connectivity index (χ4n) is 0.657. The maximum absolute atomic E-state index is 11.7. The molecule has 1 rings (SSSR count). The lowest BCUT2D eigenvalue weighted by Gasteiger charge is -2.08. The van der Waals surface area contributed by atoms with E-state index in [1.54, 1.807) is 0 Å². The van der Waals surface area contributed by atoms with Crippen LogP contribution in [0.15, 0.2) is 23.1 Å². The number of alkyl halides is 3. The number of hydrogen-bond donors (Lipinski definition) is 1.